The number of nitrogens with two attached hydrogens (primary N) is 1. The minimum Gasteiger partial charge on any atom is -0.322 e. The van der Waals surface area contributed by atoms with Gasteiger partial charge in [0, 0.05) is 13.2 Å². The lowest BCUT2D eigenvalue weighted by molar-refractivity contribution is 0.694. The Morgan fingerprint density at radius 3 is 2.74 bits per heavy atom. The van der Waals surface area contributed by atoms with E-state index in [1.165, 1.54) is 0 Å². The molecule has 0 saturated heterocycles. The molecule has 3 rings (SSSR count). The molecule has 5 heteroatoms. The zero-order chi connectivity index (χ0) is 13.2. The molecule has 0 aliphatic carbocycles. The van der Waals surface area contributed by atoms with Crippen LogP contribution >= 0.6 is 0 Å². The summed E-state index contributed by atoms with van der Waals surface area (Å²) in [5, 5.41) is 4.14. The van der Waals surface area contributed by atoms with E-state index in [-0.39, 0.29) is 6.04 Å². The van der Waals surface area contributed by atoms with Gasteiger partial charge in [0.05, 0.1) is 35.2 Å². The van der Waals surface area contributed by atoms with Crippen LogP contribution in [0, 0.1) is 0 Å². The second kappa shape index (κ2) is 4.78. The number of rotatable bonds is 3. The van der Waals surface area contributed by atoms with Gasteiger partial charge in [0.25, 0.3) is 0 Å². The number of fused-ring (bicyclic) bond motifs is 1. The third kappa shape index (κ3) is 2.46. The molecule has 0 aliphatic heterocycles. The highest BCUT2D eigenvalue weighted by atomic mass is 15.2. The Balaban J connectivity index is 1.86. The molecule has 0 spiro atoms. The molecule has 96 valence electrons. The molecule has 0 amide bonds. The van der Waals surface area contributed by atoms with Crippen LogP contribution in [-0.4, -0.2) is 19.7 Å². The summed E-state index contributed by atoms with van der Waals surface area (Å²) < 4.78 is 1.77. The Morgan fingerprint density at radius 2 is 2.00 bits per heavy atom. The fraction of sp³-hybridized carbons (Fsp3) is 0.214. The Kier molecular flexibility index (Phi) is 2.97. The van der Waals surface area contributed by atoms with E-state index in [0.29, 0.717) is 6.42 Å². The van der Waals surface area contributed by atoms with Crippen LogP contribution in [0.4, 0.5) is 0 Å². The number of hydrogen-bond acceptors (Lipinski definition) is 4. The first-order valence-corrected chi connectivity index (χ1v) is 6.17. The van der Waals surface area contributed by atoms with E-state index in [1.807, 2.05) is 43.7 Å². The maximum absolute atomic E-state index is 6.19. The molecule has 0 bridgehead atoms. The molecule has 0 aliphatic rings. The number of para-hydroxylation sites is 2. The predicted octanol–water partition coefficient (Wildman–Crippen LogP) is 1.61. The summed E-state index contributed by atoms with van der Waals surface area (Å²) in [5.41, 5.74) is 9.86. The molecule has 2 aromatic heterocycles. The van der Waals surface area contributed by atoms with Gasteiger partial charge in [0.1, 0.15) is 0 Å². The van der Waals surface area contributed by atoms with Crippen molar-refractivity contribution in [2.75, 3.05) is 0 Å². The summed E-state index contributed by atoms with van der Waals surface area (Å²) in [6.07, 6.45) is 6.26. The first kappa shape index (κ1) is 11.8. The summed E-state index contributed by atoms with van der Waals surface area (Å²) in [7, 11) is 1.89. The second-order valence-electron chi connectivity index (χ2n) is 4.62. The van der Waals surface area contributed by atoms with Crippen molar-refractivity contribution in [2.24, 2.45) is 12.8 Å². The minimum absolute atomic E-state index is 0.165. The quantitative estimate of drug-likeness (QED) is 0.769. The van der Waals surface area contributed by atoms with E-state index in [1.54, 1.807) is 10.9 Å². The van der Waals surface area contributed by atoms with Gasteiger partial charge in [0.15, 0.2) is 0 Å². The van der Waals surface area contributed by atoms with Crippen LogP contribution < -0.4 is 5.73 Å². The van der Waals surface area contributed by atoms with E-state index in [2.05, 4.69) is 15.1 Å². The normalized spacial score (nSPS) is 12.7. The van der Waals surface area contributed by atoms with Crippen LogP contribution in [0.25, 0.3) is 11.0 Å². The average molecular weight is 253 g/mol. The molecule has 19 heavy (non-hydrogen) atoms. The highest BCUT2D eigenvalue weighted by molar-refractivity contribution is 5.73. The molecule has 2 heterocycles. The second-order valence-corrected chi connectivity index (χ2v) is 4.62. The monoisotopic (exact) mass is 253 g/mol. The lowest BCUT2D eigenvalue weighted by Gasteiger charge is -2.10. The van der Waals surface area contributed by atoms with Crippen LogP contribution in [0.5, 0.6) is 0 Å². The molecular formula is C14H15N5. The number of nitrogens with zero attached hydrogens (tertiary/aromatic N) is 4. The van der Waals surface area contributed by atoms with Gasteiger partial charge < -0.3 is 5.73 Å². The molecule has 0 radical (unpaired) electrons. The van der Waals surface area contributed by atoms with E-state index < -0.39 is 0 Å². The molecule has 1 atom stereocenters. The molecule has 3 aromatic rings. The maximum Gasteiger partial charge on any atom is 0.0890 e. The van der Waals surface area contributed by atoms with Crippen molar-refractivity contribution < 1.29 is 0 Å². The Labute approximate surface area is 111 Å². The van der Waals surface area contributed by atoms with Crippen LogP contribution in [0.3, 0.4) is 0 Å². The van der Waals surface area contributed by atoms with Gasteiger partial charge in [-0.3, -0.25) is 9.67 Å². The lowest BCUT2D eigenvalue weighted by atomic mass is 10.1. The smallest absolute Gasteiger partial charge is 0.0890 e. The topological polar surface area (TPSA) is 69.6 Å². The summed E-state index contributed by atoms with van der Waals surface area (Å²) in [4.78, 5) is 8.95. The van der Waals surface area contributed by atoms with Gasteiger partial charge in [-0.15, -0.1) is 0 Å². The predicted molar refractivity (Wildman–Crippen MR) is 73.4 cm³/mol. The van der Waals surface area contributed by atoms with E-state index in [0.717, 1.165) is 22.3 Å². The van der Waals surface area contributed by atoms with Gasteiger partial charge in [0.2, 0.25) is 0 Å². The number of benzene rings is 1. The summed E-state index contributed by atoms with van der Waals surface area (Å²) >= 11 is 0. The molecule has 2 N–H and O–H groups in total. The highest BCUT2D eigenvalue weighted by Crippen LogP contribution is 2.16. The molecule has 1 unspecified atom stereocenters. The zero-order valence-electron chi connectivity index (χ0n) is 10.7. The van der Waals surface area contributed by atoms with Crippen molar-refractivity contribution in [1.82, 2.24) is 19.7 Å². The standard InChI is InChI=1S/C14H15N5/c1-19-9-10(7-17-19)6-11(15)14-8-16-12-4-2-3-5-13(12)18-14/h2-5,7-9,11H,6,15H2,1H3. The van der Waals surface area contributed by atoms with E-state index in [9.17, 15) is 0 Å². The summed E-state index contributed by atoms with van der Waals surface area (Å²) in [5.74, 6) is 0. The van der Waals surface area contributed by atoms with Crippen LogP contribution in [0.2, 0.25) is 0 Å². The Hall–Kier alpha value is -2.27. The van der Waals surface area contributed by atoms with Crippen LogP contribution in [0.1, 0.15) is 17.3 Å². The van der Waals surface area contributed by atoms with Crippen molar-refractivity contribution in [3.8, 4) is 0 Å². The van der Waals surface area contributed by atoms with E-state index >= 15 is 0 Å². The fourth-order valence-corrected chi connectivity index (χ4v) is 2.09. The number of hydrogen-bond donors (Lipinski definition) is 1. The first-order chi connectivity index (χ1) is 9.22. The minimum atomic E-state index is -0.165. The first-order valence-electron chi connectivity index (χ1n) is 6.17. The SMILES string of the molecule is Cn1cc(CC(N)c2cnc3ccccc3n2)cn1. The van der Waals surface area contributed by atoms with Gasteiger partial charge in [-0.2, -0.15) is 5.10 Å². The lowest BCUT2D eigenvalue weighted by Crippen LogP contribution is -2.15. The Morgan fingerprint density at radius 1 is 1.21 bits per heavy atom. The van der Waals surface area contributed by atoms with Gasteiger partial charge in [-0.25, -0.2) is 4.98 Å². The van der Waals surface area contributed by atoms with E-state index in [4.69, 9.17) is 5.73 Å². The van der Waals surface area contributed by atoms with Gasteiger partial charge >= 0.3 is 0 Å². The largest absolute Gasteiger partial charge is 0.322 e. The van der Waals surface area contributed by atoms with Crippen molar-refractivity contribution >= 4 is 11.0 Å². The number of aromatic nitrogens is 4. The molecular weight excluding hydrogens is 238 g/mol. The zero-order valence-corrected chi connectivity index (χ0v) is 10.7. The fourth-order valence-electron chi connectivity index (χ4n) is 2.09. The molecule has 0 saturated carbocycles. The van der Waals surface area contributed by atoms with Crippen LogP contribution in [-0.2, 0) is 13.5 Å². The van der Waals surface area contributed by atoms with Crippen molar-refractivity contribution in [1.29, 1.82) is 0 Å². The van der Waals surface area contributed by atoms with Crippen LogP contribution in [0.15, 0.2) is 42.9 Å². The van der Waals surface area contributed by atoms with Crippen molar-refractivity contribution in [3.05, 3.63) is 54.1 Å². The van der Waals surface area contributed by atoms with Crippen molar-refractivity contribution in [2.45, 2.75) is 12.5 Å². The average Bonchev–Trinajstić information content (AvgIpc) is 2.83. The summed E-state index contributed by atoms with van der Waals surface area (Å²) in [6, 6.07) is 7.63. The molecule has 5 nitrogen and oxygen atoms in total. The third-order valence-electron chi connectivity index (χ3n) is 3.06. The number of aryl methyl sites for hydroxylation is 1. The van der Waals surface area contributed by atoms with Gasteiger partial charge in [-0.05, 0) is 24.1 Å². The maximum atomic E-state index is 6.19. The molecule has 1 aromatic carbocycles. The molecule has 0 fully saturated rings. The van der Waals surface area contributed by atoms with Crippen molar-refractivity contribution in [3.63, 3.8) is 0 Å². The third-order valence-corrected chi connectivity index (χ3v) is 3.06. The Bertz CT molecular complexity index is 704. The van der Waals surface area contributed by atoms with Gasteiger partial charge in [-0.1, -0.05) is 12.1 Å². The highest BCUT2D eigenvalue weighted by Gasteiger charge is 2.11. The summed E-state index contributed by atoms with van der Waals surface area (Å²) in [6.45, 7) is 0.